The molecule has 1 aliphatic heterocycles. The summed E-state index contributed by atoms with van der Waals surface area (Å²) in [5.41, 5.74) is 1.40. The molecule has 1 aromatic heterocycles. The first-order chi connectivity index (χ1) is 17.0. The van der Waals surface area contributed by atoms with Crippen LogP contribution in [0.2, 0.25) is 5.02 Å². The van der Waals surface area contributed by atoms with Gasteiger partial charge in [-0.25, -0.2) is 4.79 Å². The Morgan fingerprint density at radius 2 is 1.72 bits per heavy atom. The Balaban J connectivity index is 1.47. The number of benzene rings is 2. The van der Waals surface area contributed by atoms with Crippen LogP contribution in [0.4, 0.5) is 0 Å². The van der Waals surface area contributed by atoms with Gasteiger partial charge in [0.1, 0.15) is 5.69 Å². The van der Waals surface area contributed by atoms with Crippen molar-refractivity contribution in [3.05, 3.63) is 69.6 Å². The minimum atomic E-state index is -0.703. The molecule has 2 atom stereocenters. The first-order valence-corrected chi connectivity index (χ1v) is 12.7. The van der Waals surface area contributed by atoms with Gasteiger partial charge in [0.25, 0.3) is 11.5 Å². The number of likely N-dealkylation sites (tertiary alicyclic amines) is 1. The Kier molecular flexibility index (Phi) is 5.98. The van der Waals surface area contributed by atoms with Crippen molar-refractivity contribution < 1.29 is 14.3 Å². The molecule has 188 valence electrons. The molecule has 5 rings (SSSR count). The highest BCUT2D eigenvalue weighted by molar-refractivity contribution is 6.30. The van der Waals surface area contributed by atoms with Crippen LogP contribution in [0.25, 0.3) is 21.9 Å². The summed E-state index contributed by atoms with van der Waals surface area (Å²) in [7, 11) is 1.55. The predicted octanol–water partition coefficient (Wildman–Crippen LogP) is 5.44. The molecule has 0 spiro atoms. The first kappa shape index (κ1) is 24.6. The SMILES string of the molecule is Cn1c(C(=O)OCC(=O)N2CCC3(C)CC2C(C)(C)C3)c(-c2ccc(Cl)cc2)c2ccccc2c1=O. The van der Waals surface area contributed by atoms with Crippen LogP contribution in [0.3, 0.4) is 0 Å². The van der Waals surface area contributed by atoms with Gasteiger partial charge < -0.3 is 14.2 Å². The summed E-state index contributed by atoms with van der Waals surface area (Å²) in [5.74, 6) is -0.893. The van der Waals surface area contributed by atoms with Crippen molar-refractivity contribution in [1.82, 2.24) is 9.47 Å². The second kappa shape index (κ2) is 8.77. The van der Waals surface area contributed by atoms with Crippen LogP contribution in [0.5, 0.6) is 0 Å². The van der Waals surface area contributed by atoms with Gasteiger partial charge in [-0.15, -0.1) is 0 Å². The maximum absolute atomic E-state index is 13.5. The largest absolute Gasteiger partial charge is 0.451 e. The highest BCUT2D eigenvalue weighted by Crippen LogP contribution is 2.55. The summed E-state index contributed by atoms with van der Waals surface area (Å²) in [4.78, 5) is 41.7. The second-order valence-electron chi connectivity index (χ2n) is 11.2. The normalized spacial score (nSPS) is 22.6. The number of aromatic nitrogens is 1. The molecule has 2 heterocycles. The van der Waals surface area contributed by atoms with Crippen molar-refractivity contribution in [3.63, 3.8) is 0 Å². The molecule has 7 heteroatoms. The van der Waals surface area contributed by atoms with E-state index in [9.17, 15) is 14.4 Å². The van der Waals surface area contributed by atoms with E-state index in [0.29, 0.717) is 27.9 Å². The molecule has 2 unspecified atom stereocenters. The molecule has 6 nitrogen and oxygen atoms in total. The topological polar surface area (TPSA) is 68.6 Å². The number of rotatable bonds is 4. The maximum Gasteiger partial charge on any atom is 0.356 e. The fourth-order valence-electron chi connectivity index (χ4n) is 6.49. The monoisotopic (exact) mass is 506 g/mol. The van der Waals surface area contributed by atoms with E-state index in [0.717, 1.165) is 24.8 Å². The van der Waals surface area contributed by atoms with Crippen molar-refractivity contribution in [1.29, 1.82) is 0 Å². The summed E-state index contributed by atoms with van der Waals surface area (Å²) in [6, 6.07) is 14.4. The summed E-state index contributed by atoms with van der Waals surface area (Å²) in [6.07, 6.45) is 3.00. The number of ether oxygens (including phenoxy) is 1. The zero-order valence-electron chi connectivity index (χ0n) is 21.1. The first-order valence-electron chi connectivity index (χ1n) is 12.4. The number of nitrogens with zero attached hydrogens (tertiary/aromatic N) is 2. The minimum Gasteiger partial charge on any atom is -0.451 e. The molecular formula is C29H31ClN2O4. The Hall–Kier alpha value is -3.12. The van der Waals surface area contributed by atoms with Crippen LogP contribution >= 0.6 is 11.6 Å². The molecule has 0 N–H and O–H groups in total. The molecule has 1 saturated heterocycles. The number of hydrogen-bond donors (Lipinski definition) is 0. The van der Waals surface area contributed by atoms with E-state index in [1.165, 1.54) is 4.57 Å². The van der Waals surface area contributed by atoms with Gasteiger partial charge in [-0.2, -0.15) is 0 Å². The van der Waals surface area contributed by atoms with Crippen molar-refractivity contribution >= 4 is 34.2 Å². The Morgan fingerprint density at radius 1 is 1.06 bits per heavy atom. The second-order valence-corrected chi connectivity index (χ2v) is 11.7. The van der Waals surface area contributed by atoms with Crippen molar-refractivity contribution in [2.24, 2.45) is 17.9 Å². The van der Waals surface area contributed by atoms with Crippen LogP contribution in [0.1, 0.15) is 50.5 Å². The molecule has 1 amide bonds. The summed E-state index contributed by atoms with van der Waals surface area (Å²) >= 11 is 6.10. The lowest BCUT2D eigenvalue weighted by Gasteiger charge is -2.40. The third-order valence-corrected chi connectivity index (χ3v) is 8.33. The Bertz CT molecular complexity index is 1430. The van der Waals surface area contributed by atoms with Crippen molar-refractivity contribution in [3.8, 4) is 11.1 Å². The van der Waals surface area contributed by atoms with Gasteiger partial charge in [0, 0.05) is 35.6 Å². The number of piperidine rings is 1. The highest BCUT2D eigenvalue weighted by atomic mass is 35.5. The van der Waals surface area contributed by atoms with Crippen LogP contribution in [0.15, 0.2) is 53.3 Å². The summed E-state index contributed by atoms with van der Waals surface area (Å²) < 4.78 is 6.91. The number of carbonyl (C=O) groups excluding carboxylic acids is 2. The van der Waals surface area contributed by atoms with Crippen LogP contribution in [0, 0.1) is 10.8 Å². The number of halogens is 1. The van der Waals surface area contributed by atoms with E-state index < -0.39 is 5.97 Å². The quantitative estimate of drug-likeness (QED) is 0.442. The lowest BCUT2D eigenvalue weighted by Crippen LogP contribution is -2.49. The molecule has 36 heavy (non-hydrogen) atoms. The Morgan fingerprint density at radius 3 is 2.42 bits per heavy atom. The van der Waals surface area contributed by atoms with Crippen molar-refractivity contribution in [2.75, 3.05) is 13.2 Å². The predicted molar refractivity (Wildman–Crippen MR) is 141 cm³/mol. The number of fused-ring (bicyclic) bond motifs is 3. The fraction of sp³-hybridized carbons (Fsp3) is 0.414. The zero-order chi connectivity index (χ0) is 25.8. The van der Waals surface area contributed by atoms with E-state index >= 15 is 0 Å². The fourth-order valence-corrected chi connectivity index (χ4v) is 6.62. The van der Waals surface area contributed by atoms with Gasteiger partial charge in [-0.05, 0) is 59.2 Å². The third kappa shape index (κ3) is 4.11. The van der Waals surface area contributed by atoms with Gasteiger partial charge in [-0.1, -0.05) is 62.7 Å². The van der Waals surface area contributed by atoms with E-state index in [-0.39, 0.29) is 40.6 Å². The van der Waals surface area contributed by atoms with Crippen molar-refractivity contribution in [2.45, 2.75) is 46.1 Å². The molecule has 2 bridgehead atoms. The Labute approximate surface area is 215 Å². The summed E-state index contributed by atoms with van der Waals surface area (Å²) in [5, 5.41) is 1.71. The summed E-state index contributed by atoms with van der Waals surface area (Å²) in [6.45, 7) is 7.04. The van der Waals surface area contributed by atoms with Gasteiger partial charge in [-0.3, -0.25) is 9.59 Å². The molecule has 1 aliphatic carbocycles. The minimum absolute atomic E-state index is 0.0227. The number of carbonyl (C=O) groups is 2. The highest BCUT2D eigenvalue weighted by Gasteiger charge is 2.53. The smallest absolute Gasteiger partial charge is 0.356 e. The molecule has 3 aromatic rings. The number of amides is 1. The van der Waals surface area contributed by atoms with Gasteiger partial charge in [0.15, 0.2) is 6.61 Å². The molecule has 0 radical (unpaired) electrons. The van der Waals surface area contributed by atoms with Crippen LogP contribution in [-0.4, -0.2) is 40.5 Å². The molecular weight excluding hydrogens is 476 g/mol. The van der Waals surface area contributed by atoms with Gasteiger partial charge >= 0.3 is 5.97 Å². The zero-order valence-corrected chi connectivity index (χ0v) is 21.9. The lowest BCUT2D eigenvalue weighted by atomic mass is 9.81. The number of pyridine rings is 1. The molecule has 1 saturated carbocycles. The average molecular weight is 507 g/mol. The standard InChI is InChI=1S/C29H31ClN2O4/c1-28(2)17-29(3)13-14-32(22(28)15-29)23(33)16-36-27(35)25-24(18-9-11-19(30)12-10-18)20-7-5-6-8-21(20)26(34)31(25)4/h5-12,22H,13-17H2,1-4H3. The number of hydrogen-bond acceptors (Lipinski definition) is 4. The lowest BCUT2D eigenvalue weighted by molar-refractivity contribution is -0.140. The maximum atomic E-state index is 13.5. The average Bonchev–Trinajstić information content (AvgIpc) is 3.03. The van der Waals surface area contributed by atoms with Gasteiger partial charge in [0.05, 0.1) is 0 Å². The van der Waals surface area contributed by atoms with E-state index in [4.69, 9.17) is 16.3 Å². The van der Waals surface area contributed by atoms with Gasteiger partial charge in [0.2, 0.25) is 0 Å². The van der Waals surface area contributed by atoms with E-state index in [2.05, 4.69) is 20.8 Å². The van der Waals surface area contributed by atoms with Crippen LogP contribution < -0.4 is 5.56 Å². The molecule has 2 aliphatic rings. The molecule has 2 aromatic carbocycles. The number of esters is 1. The third-order valence-electron chi connectivity index (χ3n) is 8.08. The van der Waals surface area contributed by atoms with E-state index in [1.54, 1.807) is 31.3 Å². The molecule has 2 fully saturated rings. The van der Waals surface area contributed by atoms with E-state index in [1.807, 2.05) is 29.2 Å². The van der Waals surface area contributed by atoms with Crippen LogP contribution in [-0.2, 0) is 16.6 Å².